The van der Waals surface area contributed by atoms with Gasteiger partial charge >= 0.3 is 0 Å². The summed E-state index contributed by atoms with van der Waals surface area (Å²) in [5.41, 5.74) is 1.68. The molecule has 0 radical (unpaired) electrons. The molecule has 1 aromatic rings. The molecule has 0 aromatic carbocycles. The number of hydrogen-bond donors (Lipinski definition) is 0. The summed E-state index contributed by atoms with van der Waals surface area (Å²) in [6.45, 7) is 2.37. The van der Waals surface area contributed by atoms with Crippen LogP contribution < -0.4 is 0 Å². The third kappa shape index (κ3) is 0.914. The Labute approximate surface area is 63.3 Å². The van der Waals surface area contributed by atoms with Crippen LogP contribution in [0.5, 0.6) is 0 Å². The molecule has 0 saturated carbocycles. The fourth-order valence-corrected chi connectivity index (χ4v) is 3.52. The predicted molar refractivity (Wildman–Crippen MR) is 46.8 cm³/mol. The molecule has 1 aromatic heterocycles. The van der Waals surface area contributed by atoms with Crippen LogP contribution in [0.2, 0.25) is 0 Å². The van der Waals surface area contributed by atoms with Crippen molar-refractivity contribution in [3.8, 4) is 0 Å². The summed E-state index contributed by atoms with van der Waals surface area (Å²) in [7, 11) is 0.177. The monoisotopic (exact) mass is 152 g/mol. The van der Waals surface area contributed by atoms with Crippen LogP contribution in [0.25, 0.3) is 0 Å². The van der Waals surface area contributed by atoms with E-state index in [1.165, 1.54) is 25.7 Å². The normalized spacial score (nSPS) is 18.7. The Hall–Kier alpha value is -0.220. The van der Waals surface area contributed by atoms with Gasteiger partial charge in [-0.2, -0.15) is 0 Å². The molecule has 0 aliphatic heterocycles. The molecule has 1 atom stereocenters. The van der Waals surface area contributed by atoms with Crippen molar-refractivity contribution >= 4 is 7.53 Å². The van der Waals surface area contributed by atoms with E-state index in [2.05, 4.69) is 18.5 Å². The smallest absolute Gasteiger partial charge is 0.0238 e. The molecule has 0 fully saturated rings. The van der Waals surface area contributed by atoms with Crippen molar-refractivity contribution in [1.29, 1.82) is 0 Å². The maximum Gasteiger partial charge on any atom is -0.0238 e. The highest BCUT2D eigenvalue weighted by Gasteiger charge is 2.10. The third-order valence-corrected chi connectivity index (χ3v) is 4.36. The van der Waals surface area contributed by atoms with Crippen LogP contribution in [0, 0.1) is 0 Å². The zero-order valence-corrected chi connectivity index (χ0v) is 7.32. The second-order valence-corrected chi connectivity index (χ2v) is 5.17. The van der Waals surface area contributed by atoms with Gasteiger partial charge < -0.3 is 0 Å². The minimum Gasteiger partial charge on any atom is -0.125 e. The lowest BCUT2D eigenvalue weighted by atomic mass is 10.00. The lowest BCUT2D eigenvalue weighted by Crippen LogP contribution is -1.97. The Kier molecular flexibility index (Phi) is 1.58. The molecular formula is C9H13P. The molecular weight excluding hydrogens is 139 g/mol. The summed E-state index contributed by atoms with van der Waals surface area (Å²) in [6.07, 6.45) is 5.61. The van der Waals surface area contributed by atoms with E-state index in [9.17, 15) is 0 Å². The zero-order chi connectivity index (χ0) is 6.97. The van der Waals surface area contributed by atoms with Crippen LogP contribution in [0.4, 0.5) is 0 Å². The van der Waals surface area contributed by atoms with Crippen LogP contribution >= 0.6 is 7.53 Å². The Morgan fingerprint density at radius 2 is 2.10 bits per heavy atom. The molecule has 0 bridgehead atoms. The first-order chi connectivity index (χ1) is 4.88. The van der Waals surface area contributed by atoms with E-state index in [-0.39, 0.29) is 7.53 Å². The molecule has 1 aliphatic carbocycles. The molecule has 0 N–H and O–H groups in total. The molecule has 1 aliphatic rings. The van der Waals surface area contributed by atoms with Crippen LogP contribution in [0.3, 0.4) is 0 Å². The van der Waals surface area contributed by atoms with Gasteiger partial charge in [0.1, 0.15) is 0 Å². The van der Waals surface area contributed by atoms with Crippen molar-refractivity contribution < 1.29 is 0 Å². The van der Waals surface area contributed by atoms with Crippen molar-refractivity contribution in [3.63, 3.8) is 0 Å². The summed E-state index contributed by atoms with van der Waals surface area (Å²) >= 11 is 0. The van der Waals surface area contributed by atoms with E-state index < -0.39 is 0 Å². The molecule has 0 saturated heterocycles. The fraction of sp³-hybridized carbons (Fsp3) is 0.556. The first-order valence-corrected chi connectivity index (χ1v) is 5.87. The minimum absolute atomic E-state index is 0.177. The topological polar surface area (TPSA) is 0 Å². The van der Waals surface area contributed by atoms with Gasteiger partial charge in [-0.3, -0.25) is 0 Å². The lowest BCUT2D eigenvalue weighted by molar-refractivity contribution is 0.697. The Balaban J connectivity index is 2.45. The summed E-state index contributed by atoms with van der Waals surface area (Å²) in [4.78, 5) is 0. The minimum atomic E-state index is 0.177. The van der Waals surface area contributed by atoms with Crippen molar-refractivity contribution in [2.24, 2.45) is 6.66 Å². The molecule has 1 heteroatoms. The molecule has 0 amide bonds. The van der Waals surface area contributed by atoms with Crippen LogP contribution in [0.15, 0.2) is 11.9 Å². The average molecular weight is 152 g/mol. The number of hydrogen-bond acceptors (Lipinski definition) is 0. The van der Waals surface area contributed by atoms with E-state index in [1.54, 1.807) is 10.9 Å². The zero-order valence-electron chi connectivity index (χ0n) is 6.43. The Bertz CT molecular complexity index is 235. The first kappa shape index (κ1) is 6.49. The Morgan fingerprint density at radius 1 is 1.30 bits per heavy atom. The van der Waals surface area contributed by atoms with Crippen LogP contribution in [-0.4, -0.2) is 0 Å². The first-order valence-electron chi connectivity index (χ1n) is 4.01. The molecule has 1 heterocycles. The van der Waals surface area contributed by atoms with E-state index in [1.807, 2.05) is 0 Å². The van der Waals surface area contributed by atoms with E-state index in [4.69, 9.17) is 0 Å². The molecule has 10 heavy (non-hydrogen) atoms. The summed E-state index contributed by atoms with van der Waals surface area (Å²) in [5.74, 6) is 2.41. The van der Waals surface area contributed by atoms with E-state index >= 15 is 0 Å². The SMILES string of the molecule is Cp1ccc2c1CCCC2. The van der Waals surface area contributed by atoms with Gasteiger partial charge in [-0.05, 0) is 49.0 Å². The van der Waals surface area contributed by atoms with Gasteiger partial charge in [0.25, 0.3) is 0 Å². The number of fused-ring (bicyclic) bond motifs is 1. The van der Waals surface area contributed by atoms with Gasteiger partial charge in [-0.25, -0.2) is 0 Å². The second-order valence-electron chi connectivity index (χ2n) is 3.11. The average Bonchev–Trinajstić information content (AvgIpc) is 2.34. The number of aryl methyl sites for hydroxylation is 2. The highest BCUT2D eigenvalue weighted by Crippen LogP contribution is 2.37. The number of rotatable bonds is 0. The predicted octanol–water partition coefficient (Wildman–Crippen LogP) is 3.09. The van der Waals surface area contributed by atoms with Crippen molar-refractivity contribution in [1.82, 2.24) is 0 Å². The maximum atomic E-state index is 2.41. The van der Waals surface area contributed by atoms with Gasteiger partial charge in [0.15, 0.2) is 0 Å². The molecule has 54 valence electrons. The van der Waals surface area contributed by atoms with Gasteiger partial charge in [0.2, 0.25) is 0 Å². The molecule has 0 spiro atoms. The summed E-state index contributed by atoms with van der Waals surface area (Å²) < 4.78 is 0. The molecule has 0 nitrogen and oxygen atoms in total. The Morgan fingerprint density at radius 3 is 2.90 bits per heavy atom. The van der Waals surface area contributed by atoms with Gasteiger partial charge in [-0.15, -0.1) is 7.53 Å². The lowest BCUT2D eigenvalue weighted by Gasteiger charge is -2.11. The van der Waals surface area contributed by atoms with E-state index in [0.717, 1.165) is 0 Å². The fourth-order valence-electron chi connectivity index (χ4n) is 1.79. The van der Waals surface area contributed by atoms with Crippen molar-refractivity contribution in [2.75, 3.05) is 0 Å². The standard InChI is InChI=1S/C9H13P/c1-10-7-6-8-4-2-3-5-9(8)10/h6-7H,2-5H2,1H3. The van der Waals surface area contributed by atoms with E-state index in [0.29, 0.717) is 0 Å². The highest BCUT2D eigenvalue weighted by molar-refractivity contribution is 7.48. The maximum absolute atomic E-state index is 2.41. The molecule has 2 rings (SSSR count). The van der Waals surface area contributed by atoms with Crippen molar-refractivity contribution in [2.45, 2.75) is 25.7 Å². The quantitative estimate of drug-likeness (QED) is 0.536. The highest BCUT2D eigenvalue weighted by atomic mass is 31.1. The summed E-state index contributed by atoms with van der Waals surface area (Å²) in [6, 6.07) is 2.36. The van der Waals surface area contributed by atoms with Gasteiger partial charge in [-0.1, -0.05) is 6.07 Å². The van der Waals surface area contributed by atoms with Crippen LogP contribution in [0.1, 0.15) is 23.7 Å². The van der Waals surface area contributed by atoms with Crippen LogP contribution in [-0.2, 0) is 19.5 Å². The van der Waals surface area contributed by atoms with Gasteiger partial charge in [0, 0.05) is 0 Å². The molecule has 1 unspecified atom stereocenters. The second kappa shape index (κ2) is 2.43. The summed E-state index contributed by atoms with van der Waals surface area (Å²) in [5, 5.41) is 1.79. The van der Waals surface area contributed by atoms with Gasteiger partial charge in [0.05, 0.1) is 0 Å². The van der Waals surface area contributed by atoms with Crippen molar-refractivity contribution in [3.05, 3.63) is 22.7 Å². The third-order valence-electron chi connectivity index (χ3n) is 2.41. The largest absolute Gasteiger partial charge is 0.125 e.